The van der Waals surface area contributed by atoms with Crippen molar-refractivity contribution >= 4 is 23.1 Å². The number of carboxylic acid groups (broad SMARTS) is 1. The molecule has 0 aliphatic carbocycles. The van der Waals surface area contributed by atoms with Gasteiger partial charge in [-0.2, -0.15) is 4.98 Å². The molecule has 0 aliphatic rings. The van der Waals surface area contributed by atoms with E-state index in [2.05, 4.69) is 4.98 Å². The van der Waals surface area contributed by atoms with Gasteiger partial charge in [-0.25, -0.2) is 4.79 Å². The molecule has 1 aromatic heterocycles. The molecule has 0 radical (unpaired) electrons. The number of carbonyl (C=O) groups is 1. The van der Waals surface area contributed by atoms with Crippen LogP contribution in [-0.2, 0) is 27.3 Å². The monoisotopic (exact) mass is 490 g/mol. The van der Waals surface area contributed by atoms with E-state index in [0.29, 0.717) is 38.1 Å². The predicted octanol–water partition coefficient (Wildman–Crippen LogP) is 4.57. The minimum atomic E-state index is -0.999. The SMILES string of the molecule is CN(CCOc1ccc(CC(OCCOCc2ccccc2)C(=O)O)cc1)c1nc2ccccc2o1. The number of hydrogen-bond donors (Lipinski definition) is 1. The number of hydrogen-bond acceptors (Lipinski definition) is 7. The summed E-state index contributed by atoms with van der Waals surface area (Å²) in [7, 11) is 1.90. The maximum atomic E-state index is 11.6. The molecule has 36 heavy (non-hydrogen) atoms. The number of ether oxygens (including phenoxy) is 3. The van der Waals surface area contributed by atoms with Gasteiger partial charge in [-0.15, -0.1) is 0 Å². The molecule has 4 rings (SSSR count). The fraction of sp³-hybridized carbons (Fsp3) is 0.286. The second-order valence-corrected chi connectivity index (χ2v) is 8.32. The van der Waals surface area contributed by atoms with E-state index in [1.54, 1.807) is 0 Å². The number of likely N-dealkylation sites (N-methyl/N-ethyl adjacent to an activating group) is 1. The Morgan fingerprint density at radius 1 is 0.944 bits per heavy atom. The van der Waals surface area contributed by atoms with Gasteiger partial charge < -0.3 is 28.6 Å². The highest BCUT2D eigenvalue weighted by Crippen LogP contribution is 2.21. The number of benzene rings is 3. The first-order valence-corrected chi connectivity index (χ1v) is 11.8. The van der Waals surface area contributed by atoms with Crippen molar-refractivity contribution in [3.05, 3.63) is 90.0 Å². The van der Waals surface area contributed by atoms with Crippen LogP contribution in [0.5, 0.6) is 5.75 Å². The average Bonchev–Trinajstić information content (AvgIpc) is 3.34. The van der Waals surface area contributed by atoms with Gasteiger partial charge in [0.15, 0.2) is 11.7 Å². The molecule has 0 saturated heterocycles. The summed E-state index contributed by atoms with van der Waals surface area (Å²) < 4.78 is 22.7. The summed E-state index contributed by atoms with van der Waals surface area (Å²) in [6.45, 7) is 2.03. The van der Waals surface area contributed by atoms with Gasteiger partial charge in [-0.1, -0.05) is 54.6 Å². The van der Waals surface area contributed by atoms with Gasteiger partial charge >= 0.3 is 5.97 Å². The molecule has 1 atom stereocenters. The van der Waals surface area contributed by atoms with Crippen molar-refractivity contribution in [1.29, 1.82) is 0 Å². The zero-order valence-electron chi connectivity index (χ0n) is 20.2. The molecule has 0 fully saturated rings. The number of oxazole rings is 1. The smallest absolute Gasteiger partial charge is 0.333 e. The lowest BCUT2D eigenvalue weighted by molar-refractivity contribution is -0.151. The highest BCUT2D eigenvalue weighted by atomic mass is 16.5. The number of aromatic nitrogens is 1. The van der Waals surface area contributed by atoms with Crippen molar-refractivity contribution in [1.82, 2.24) is 4.98 Å². The van der Waals surface area contributed by atoms with Crippen LogP contribution in [0.1, 0.15) is 11.1 Å². The summed E-state index contributed by atoms with van der Waals surface area (Å²) in [4.78, 5) is 18.0. The van der Waals surface area contributed by atoms with Gasteiger partial charge in [-0.05, 0) is 35.4 Å². The van der Waals surface area contributed by atoms with Gasteiger partial charge in [0.25, 0.3) is 6.01 Å². The molecule has 0 spiro atoms. The van der Waals surface area contributed by atoms with Crippen LogP contribution in [0.25, 0.3) is 11.1 Å². The van der Waals surface area contributed by atoms with Crippen LogP contribution in [0.4, 0.5) is 6.01 Å². The van der Waals surface area contributed by atoms with E-state index in [0.717, 1.165) is 22.2 Å². The quantitative estimate of drug-likeness (QED) is 0.257. The third-order valence-electron chi connectivity index (χ3n) is 5.58. The van der Waals surface area contributed by atoms with Crippen LogP contribution in [0, 0.1) is 0 Å². The molecule has 3 aromatic carbocycles. The average molecular weight is 491 g/mol. The fourth-order valence-corrected chi connectivity index (χ4v) is 3.59. The molecule has 0 aliphatic heterocycles. The van der Waals surface area contributed by atoms with E-state index < -0.39 is 12.1 Å². The van der Waals surface area contributed by atoms with Crippen molar-refractivity contribution in [3.63, 3.8) is 0 Å². The maximum Gasteiger partial charge on any atom is 0.333 e. The minimum Gasteiger partial charge on any atom is -0.492 e. The van der Waals surface area contributed by atoms with Crippen molar-refractivity contribution in [2.24, 2.45) is 0 Å². The van der Waals surface area contributed by atoms with Gasteiger partial charge in [-0.3, -0.25) is 0 Å². The number of rotatable bonds is 14. The Kier molecular flexibility index (Phi) is 8.91. The lowest BCUT2D eigenvalue weighted by atomic mass is 10.1. The standard InChI is InChI=1S/C28H30N2O6/c1-30(28-29-24-9-5-6-10-25(24)36-28)15-16-34-23-13-11-21(12-14-23)19-26(27(31)32)35-18-17-33-20-22-7-3-2-4-8-22/h2-14,26H,15-20H2,1H3,(H,31,32). The van der Waals surface area contributed by atoms with Crippen LogP contribution < -0.4 is 9.64 Å². The second kappa shape index (κ2) is 12.7. The van der Waals surface area contributed by atoms with Gasteiger partial charge in [0.1, 0.15) is 17.9 Å². The summed E-state index contributed by atoms with van der Waals surface area (Å²) >= 11 is 0. The zero-order valence-corrected chi connectivity index (χ0v) is 20.2. The van der Waals surface area contributed by atoms with E-state index in [1.165, 1.54) is 0 Å². The molecule has 1 heterocycles. The van der Waals surface area contributed by atoms with Crippen molar-refractivity contribution in [2.75, 3.05) is 38.3 Å². The minimum absolute atomic E-state index is 0.207. The highest BCUT2D eigenvalue weighted by Gasteiger charge is 2.18. The van der Waals surface area contributed by atoms with E-state index in [-0.39, 0.29) is 13.0 Å². The van der Waals surface area contributed by atoms with Crippen molar-refractivity contribution in [3.8, 4) is 5.75 Å². The van der Waals surface area contributed by atoms with Crippen LogP contribution in [0.15, 0.2) is 83.3 Å². The van der Waals surface area contributed by atoms with E-state index in [9.17, 15) is 9.90 Å². The Morgan fingerprint density at radius 3 is 2.44 bits per heavy atom. The summed E-state index contributed by atoms with van der Waals surface area (Å²) in [5.74, 6) is -0.299. The van der Waals surface area contributed by atoms with E-state index in [1.807, 2.05) is 90.8 Å². The predicted molar refractivity (Wildman–Crippen MR) is 136 cm³/mol. The van der Waals surface area contributed by atoms with Crippen LogP contribution in [0.2, 0.25) is 0 Å². The Balaban J connectivity index is 1.18. The first-order valence-electron chi connectivity index (χ1n) is 11.8. The molecule has 1 unspecified atom stereocenters. The first-order chi connectivity index (χ1) is 17.6. The number of para-hydroxylation sites is 2. The molecule has 188 valence electrons. The molecule has 8 heteroatoms. The third-order valence-corrected chi connectivity index (χ3v) is 5.58. The molecule has 0 bridgehead atoms. The molecular weight excluding hydrogens is 460 g/mol. The third kappa shape index (κ3) is 7.31. The normalized spacial score (nSPS) is 11.9. The Labute approximate surface area is 210 Å². The topological polar surface area (TPSA) is 94.3 Å². The maximum absolute atomic E-state index is 11.6. The molecule has 4 aromatic rings. The number of carboxylic acids is 1. The van der Waals surface area contributed by atoms with Gasteiger partial charge in [0.2, 0.25) is 0 Å². The zero-order chi connectivity index (χ0) is 25.2. The first kappa shape index (κ1) is 25.2. The lowest BCUT2D eigenvalue weighted by Gasteiger charge is -2.16. The number of fused-ring (bicyclic) bond motifs is 1. The summed E-state index contributed by atoms with van der Waals surface area (Å²) in [5, 5.41) is 9.52. The van der Waals surface area contributed by atoms with Gasteiger partial charge in [0.05, 0.1) is 26.4 Å². The number of anilines is 1. The second-order valence-electron chi connectivity index (χ2n) is 8.32. The van der Waals surface area contributed by atoms with Crippen molar-refractivity contribution < 1.29 is 28.5 Å². The summed E-state index contributed by atoms with van der Waals surface area (Å²) in [6.07, 6.45) is -0.684. The molecule has 1 N–H and O–H groups in total. The number of aliphatic carboxylic acids is 1. The number of nitrogens with zero attached hydrogens (tertiary/aromatic N) is 2. The lowest BCUT2D eigenvalue weighted by Crippen LogP contribution is -2.28. The van der Waals surface area contributed by atoms with Crippen LogP contribution in [0.3, 0.4) is 0 Å². The van der Waals surface area contributed by atoms with Gasteiger partial charge in [0, 0.05) is 13.5 Å². The molecule has 8 nitrogen and oxygen atoms in total. The molecule has 0 saturated carbocycles. The molecule has 0 amide bonds. The van der Waals surface area contributed by atoms with E-state index in [4.69, 9.17) is 18.6 Å². The fourth-order valence-electron chi connectivity index (χ4n) is 3.59. The Hall–Kier alpha value is -3.88. The van der Waals surface area contributed by atoms with Crippen LogP contribution in [-0.4, -0.2) is 55.6 Å². The summed E-state index contributed by atoms with van der Waals surface area (Å²) in [6, 6.07) is 25.3. The molecular formula is C28H30N2O6. The largest absolute Gasteiger partial charge is 0.492 e. The summed E-state index contributed by atoms with van der Waals surface area (Å²) in [5.41, 5.74) is 3.48. The Bertz CT molecular complexity index is 1190. The van der Waals surface area contributed by atoms with E-state index >= 15 is 0 Å². The highest BCUT2D eigenvalue weighted by molar-refractivity contribution is 5.74. The van der Waals surface area contributed by atoms with Crippen LogP contribution >= 0.6 is 0 Å². The van der Waals surface area contributed by atoms with Crippen molar-refractivity contribution in [2.45, 2.75) is 19.1 Å². The Morgan fingerprint density at radius 2 is 1.69 bits per heavy atom.